The third-order valence-electron chi connectivity index (χ3n) is 5.55. The summed E-state index contributed by atoms with van der Waals surface area (Å²) >= 11 is 0. The molecule has 0 bridgehead atoms. The molecule has 2 aromatic rings. The Morgan fingerprint density at radius 3 is 2.92 bits per heavy atom. The Kier molecular flexibility index (Phi) is 4.68. The van der Waals surface area contributed by atoms with Crippen LogP contribution in [0.4, 0.5) is 5.69 Å². The molecule has 1 unspecified atom stereocenters. The van der Waals surface area contributed by atoms with Crippen molar-refractivity contribution in [3.63, 3.8) is 0 Å². The maximum absolute atomic E-state index is 11.2. The summed E-state index contributed by atoms with van der Waals surface area (Å²) in [6, 6.07) is 7.46. The standard InChI is InChI=1S/C20H26N4O2/c1-14(17-4-3-16-7-10-26-20(16)11-17)23-8-5-19(6-9-23)24-13-18(12-21-24)22-15(2)25/h3-4,11-14,19H,5-10H2,1-2H3,(H,22,25). The third-order valence-corrected chi connectivity index (χ3v) is 5.55. The molecule has 0 aliphatic carbocycles. The Morgan fingerprint density at radius 1 is 1.35 bits per heavy atom. The van der Waals surface area contributed by atoms with Crippen molar-refractivity contribution in [2.24, 2.45) is 0 Å². The van der Waals surface area contributed by atoms with Crippen molar-refractivity contribution in [2.75, 3.05) is 25.0 Å². The van der Waals surface area contributed by atoms with Gasteiger partial charge >= 0.3 is 0 Å². The maximum atomic E-state index is 11.2. The van der Waals surface area contributed by atoms with Gasteiger partial charge in [0.2, 0.25) is 5.91 Å². The van der Waals surface area contributed by atoms with Gasteiger partial charge in [0.1, 0.15) is 5.75 Å². The molecule has 0 spiro atoms. The number of nitrogens with zero attached hydrogens (tertiary/aromatic N) is 3. The molecular formula is C20H26N4O2. The van der Waals surface area contributed by atoms with Crippen LogP contribution in [0.25, 0.3) is 0 Å². The molecule has 6 nitrogen and oxygen atoms in total. The number of fused-ring (bicyclic) bond motifs is 1. The van der Waals surface area contributed by atoms with Gasteiger partial charge in [-0.2, -0.15) is 5.10 Å². The summed E-state index contributed by atoms with van der Waals surface area (Å²) in [6.45, 7) is 6.68. The van der Waals surface area contributed by atoms with E-state index in [2.05, 4.69) is 40.4 Å². The molecule has 1 saturated heterocycles. The number of ether oxygens (including phenoxy) is 1. The smallest absolute Gasteiger partial charge is 0.221 e. The normalized spacial score (nSPS) is 19.0. The van der Waals surface area contributed by atoms with Crippen LogP contribution in [0.1, 0.15) is 49.9 Å². The van der Waals surface area contributed by atoms with Crippen LogP contribution in [0.2, 0.25) is 0 Å². The maximum Gasteiger partial charge on any atom is 0.221 e. The van der Waals surface area contributed by atoms with Gasteiger partial charge in [0.15, 0.2) is 0 Å². The lowest BCUT2D eigenvalue weighted by Gasteiger charge is -2.36. The predicted octanol–water partition coefficient (Wildman–Crippen LogP) is 3.17. The van der Waals surface area contributed by atoms with Crippen molar-refractivity contribution in [1.82, 2.24) is 14.7 Å². The molecule has 1 atom stereocenters. The summed E-state index contributed by atoms with van der Waals surface area (Å²) in [5.74, 6) is 0.998. The highest BCUT2D eigenvalue weighted by Crippen LogP contribution is 2.33. The monoisotopic (exact) mass is 354 g/mol. The number of piperidine rings is 1. The fraction of sp³-hybridized carbons (Fsp3) is 0.500. The van der Waals surface area contributed by atoms with Gasteiger partial charge in [0.25, 0.3) is 0 Å². The number of amides is 1. The fourth-order valence-electron chi connectivity index (χ4n) is 4.00. The van der Waals surface area contributed by atoms with Gasteiger partial charge in [-0.1, -0.05) is 12.1 Å². The van der Waals surface area contributed by atoms with Crippen molar-refractivity contribution in [2.45, 2.75) is 45.2 Å². The van der Waals surface area contributed by atoms with Crippen molar-refractivity contribution < 1.29 is 9.53 Å². The Bertz CT molecular complexity index is 793. The molecule has 1 fully saturated rings. The lowest BCUT2D eigenvalue weighted by Crippen LogP contribution is -2.36. The van der Waals surface area contributed by atoms with Crippen LogP contribution >= 0.6 is 0 Å². The van der Waals surface area contributed by atoms with Gasteiger partial charge in [-0.15, -0.1) is 0 Å². The minimum absolute atomic E-state index is 0.0634. The summed E-state index contributed by atoms with van der Waals surface area (Å²) in [4.78, 5) is 13.7. The Labute approximate surface area is 154 Å². The van der Waals surface area contributed by atoms with E-state index in [1.54, 1.807) is 6.20 Å². The SMILES string of the molecule is CC(=O)Nc1cnn(C2CCN(C(C)c3ccc4c(c3)OCC4)CC2)c1. The summed E-state index contributed by atoms with van der Waals surface area (Å²) < 4.78 is 7.72. The number of rotatable bonds is 4. The fourth-order valence-corrected chi connectivity index (χ4v) is 4.00. The number of benzene rings is 1. The van der Waals surface area contributed by atoms with Gasteiger partial charge < -0.3 is 10.1 Å². The molecular weight excluding hydrogens is 328 g/mol. The minimum Gasteiger partial charge on any atom is -0.493 e. The number of hydrogen-bond donors (Lipinski definition) is 1. The first kappa shape index (κ1) is 17.1. The minimum atomic E-state index is -0.0634. The number of hydrogen-bond acceptors (Lipinski definition) is 4. The highest BCUT2D eigenvalue weighted by molar-refractivity contribution is 5.88. The quantitative estimate of drug-likeness (QED) is 0.916. The molecule has 1 aromatic heterocycles. The van der Waals surface area contributed by atoms with Crippen molar-refractivity contribution in [3.05, 3.63) is 41.7 Å². The van der Waals surface area contributed by atoms with E-state index >= 15 is 0 Å². The summed E-state index contributed by atoms with van der Waals surface area (Å²) in [5.41, 5.74) is 3.43. The van der Waals surface area contributed by atoms with Crippen LogP contribution in [0.5, 0.6) is 5.75 Å². The van der Waals surface area contributed by atoms with Crippen molar-refractivity contribution in [3.8, 4) is 5.75 Å². The van der Waals surface area contributed by atoms with Gasteiger partial charge in [0.05, 0.1) is 24.5 Å². The molecule has 6 heteroatoms. The van der Waals surface area contributed by atoms with Crippen LogP contribution in [-0.4, -0.2) is 40.3 Å². The second-order valence-electron chi connectivity index (χ2n) is 7.30. The molecule has 2 aliphatic heterocycles. The Balaban J connectivity index is 1.37. The van der Waals surface area contributed by atoms with Crippen molar-refractivity contribution >= 4 is 11.6 Å². The molecule has 1 amide bonds. The van der Waals surface area contributed by atoms with Gasteiger partial charge in [-0.05, 0) is 37.0 Å². The number of carbonyl (C=O) groups excluding carboxylic acids is 1. The lowest BCUT2D eigenvalue weighted by molar-refractivity contribution is -0.114. The number of aromatic nitrogens is 2. The Hall–Kier alpha value is -2.34. The second kappa shape index (κ2) is 7.11. The molecule has 1 N–H and O–H groups in total. The number of likely N-dealkylation sites (tertiary alicyclic amines) is 1. The predicted molar refractivity (Wildman–Crippen MR) is 100 cm³/mol. The number of carbonyl (C=O) groups is 1. The van der Waals surface area contributed by atoms with Gasteiger partial charge in [-0.25, -0.2) is 0 Å². The average Bonchev–Trinajstić information content (AvgIpc) is 3.29. The first-order valence-electron chi connectivity index (χ1n) is 9.41. The van der Waals surface area contributed by atoms with Crippen LogP contribution in [-0.2, 0) is 11.2 Å². The Morgan fingerprint density at radius 2 is 2.15 bits per heavy atom. The van der Waals surface area contributed by atoms with Gasteiger partial charge in [0, 0.05) is 38.7 Å². The highest BCUT2D eigenvalue weighted by atomic mass is 16.5. The molecule has 4 rings (SSSR count). The zero-order valence-corrected chi connectivity index (χ0v) is 15.4. The second-order valence-corrected chi connectivity index (χ2v) is 7.30. The van der Waals surface area contributed by atoms with E-state index in [0.717, 1.165) is 50.4 Å². The zero-order valence-electron chi connectivity index (χ0n) is 15.4. The summed E-state index contributed by atoms with van der Waals surface area (Å²) in [5, 5.41) is 7.22. The molecule has 138 valence electrons. The molecule has 0 radical (unpaired) electrons. The zero-order chi connectivity index (χ0) is 18.1. The molecule has 3 heterocycles. The van der Waals surface area contributed by atoms with Gasteiger partial charge in [-0.3, -0.25) is 14.4 Å². The van der Waals surface area contributed by atoms with E-state index in [0.29, 0.717) is 12.1 Å². The van der Waals surface area contributed by atoms with Crippen LogP contribution in [0.15, 0.2) is 30.6 Å². The summed E-state index contributed by atoms with van der Waals surface area (Å²) in [7, 11) is 0. The topological polar surface area (TPSA) is 59.4 Å². The molecule has 1 aromatic carbocycles. The van der Waals surface area contributed by atoms with E-state index in [1.807, 2.05) is 10.9 Å². The van der Waals surface area contributed by atoms with E-state index in [1.165, 1.54) is 18.1 Å². The van der Waals surface area contributed by atoms with Crippen LogP contribution < -0.4 is 10.1 Å². The number of nitrogens with one attached hydrogen (secondary N) is 1. The van der Waals surface area contributed by atoms with Crippen LogP contribution in [0, 0.1) is 0 Å². The van der Waals surface area contributed by atoms with E-state index in [4.69, 9.17) is 4.74 Å². The lowest BCUT2D eigenvalue weighted by atomic mass is 9.99. The third kappa shape index (κ3) is 3.46. The average molecular weight is 354 g/mol. The van der Waals surface area contributed by atoms with E-state index in [-0.39, 0.29) is 5.91 Å². The largest absolute Gasteiger partial charge is 0.493 e. The van der Waals surface area contributed by atoms with E-state index < -0.39 is 0 Å². The van der Waals surface area contributed by atoms with Crippen molar-refractivity contribution in [1.29, 1.82) is 0 Å². The number of anilines is 1. The molecule has 2 aliphatic rings. The van der Waals surface area contributed by atoms with Crippen LogP contribution in [0.3, 0.4) is 0 Å². The van der Waals surface area contributed by atoms with E-state index in [9.17, 15) is 4.79 Å². The molecule has 26 heavy (non-hydrogen) atoms. The highest BCUT2D eigenvalue weighted by Gasteiger charge is 2.26. The first-order chi connectivity index (χ1) is 12.6. The summed E-state index contributed by atoms with van der Waals surface area (Å²) in [6.07, 6.45) is 6.81. The molecule has 0 saturated carbocycles. The first-order valence-corrected chi connectivity index (χ1v) is 9.41.